The first-order valence-electron chi connectivity index (χ1n) is 5.64. The van der Waals surface area contributed by atoms with Gasteiger partial charge in [-0.3, -0.25) is 9.89 Å². The van der Waals surface area contributed by atoms with E-state index in [0.29, 0.717) is 12.0 Å². The third-order valence-corrected chi connectivity index (χ3v) is 3.31. The third kappa shape index (κ3) is 1.76. The van der Waals surface area contributed by atoms with Crippen molar-refractivity contribution in [3.63, 3.8) is 0 Å². The molecule has 2 aliphatic rings. The molecule has 0 saturated heterocycles. The van der Waals surface area contributed by atoms with E-state index in [1.165, 1.54) is 11.3 Å². The molecule has 1 heterocycles. The number of fused-ring (bicyclic) bond motifs is 1. The highest BCUT2D eigenvalue weighted by molar-refractivity contribution is 5.81. The topological polar surface area (TPSA) is 57.8 Å². The number of hydrogen-bond donors (Lipinski definition) is 2. The van der Waals surface area contributed by atoms with Crippen LogP contribution in [0.25, 0.3) is 0 Å². The van der Waals surface area contributed by atoms with E-state index in [2.05, 4.69) is 15.5 Å². The van der Waals surface area contributed by atoms with Crippen molar-refractivity contribution >= 4 is 5.91 Å². The molecule has 1 aromatic heterocycles. The normalized spacial score (nSPS) is 24.7. The van der Waals surface area contributed by atoms with Crippen molar-refractivity contribution in [1.82, 2.24) is 15.5 Å². The fourth-order valence-corrected chi connectivity index (χ4v) is 2.20. The number of amides is 1. The zero-order valence-corrected chi connectivity index (χ0v) is 8.62. The van der Waals surface area contributed by atoms with E-state index in [1.54, 1.807) is 0 Å². The molecule has 2 aliphatic carbocycles. The molecule has 0 aromatic carbocycles. The van der Waals surface area contributed by atoms with Gasteiger partial charge in [-0.25, -0.2) is 0 Å². The van der Waals surface area contributed by atoms with Crippen LogP contribution in [-0.2, 0) is 17.6 Å². The Morgan fingerprint density at radius 2 is 2.33 bits per heavy atom. The summed E-state index contributed by atoms with van der Waals surface area (Å²) in [6, 6.07) is 0.311. The molecule has 80 valence electrons. The van der Waals surface area contributed by atoms with Crippen LogP contribution in [0, 0.1) is 5.92 Å². The van der Waals surface area contributed by atoms with Gasteiger partial charge in [0.15, 0.2) is 0 Å². The zero-order valence-electron chi connectivity index (χ0n) is 8.62. The number of carbonyl (C=O) groups excluding carboxylic acids is 1. The maximum Gasteiger partial charge on any atom is 0.223 e. The summed E-state index contributed by atoms with van der Waals surface area (Å²) in [6.45, 7) is 0. The maximum atomic E-state index is 11.6. The van der Waals surface area contributed by atoms with Crippen LogP contribution in [0.2, 0.25) is 0 Å². The molecule has 15 heavy (non-hydrogen) atoms. The Morgan fingerprint density at radius 3 is 3.13 bits per heavy atom. The van der Waals surface area contributed by atoms with Crippen LogP contribution >= 0.6 is 0 Å². The highest BCUT2D eigenvalue weighted by Gasteiger charge is 2.31. The van der Waals surface area contributed by atoms with Crippen LogP contribution in [0.3, 0.4) is 0 Å². The number of aromatic amines is 1. The highest BCUT2D eigenvalue weighted by atomic mass is 16.2. The number of rotatable bonds is 2. The van der Waals surface area contributed by atoms with Gasteiger partial charge in [-0.1, -0.05) is 0 Å². The van der Waals surface area contributed by atoms with Crippen molar-refractivity contribution < 1.29 is 4.79 Å². The summed E-state index contributed by atoms with van der Waals surface area (Å²) in [4.78, 5) is 11.6. The van der Waals surface area contributed by atoms with Crippen molar-refractivity contribution in [3.8, 4) is 0 Å². The Labute approximate surface area is 88.4 Å². The summed E-state index contributed by atoms with van der Waals surface area (Å²) in [5.74, 6) is 0.566. The number of aromatic nitrogens is 2. The van der Waals surface area contributed by atoms with Crippen molar-refractivity contribution in [2.75, 3.05) is 0 Å². The molecule has 1 saturated carbocycles. The van der Waals surface area contributed by atoms with Gasteiger partial charge in [0, 0.05) is 24.1 Å². The molecular weight excluding hydrogens is 190 g/mol. The van der Waals surface area contributed by atoms with Gasteiger partial charge in [0.2, 0.25) is 5.91 Å². The van der Waals surface area contributed by atoms with E-state index in [1.807, 2.05) is 6.20 Å². The van der Waals surface area contributed by atoms with Gasteiger partial charge in [0.05, 0.1) is 6.20 Å². The summed E-state index contributed by atoms with van der Waals surface area (Å²) in [6.07, 6.45) is 7.04. The first-order valence-corrected chi connectivity index (χ1v) is 5.64. The number of hydrogen-bond acceptors (Lipinski definition) is 2. The largest absolute Gasteiger partial charge is 0.353 e. The smallest absolute Gasteiger partial charge is 0.223 e. The summed E-state index contributed by atoms with van der Waals surface area (Å²) >= 11 is 0. The number of nitrogens with one attached hydrogen (secondary N) is 2. The van der Waals surface area contributed by atoms with Gasteiger partial charge in [-0.15, -0.1) is 0 Å². The second-order valence-electron chi connectivity index (χ2n) is 4.60. The molecule has 3 rings (SSSR count). The Hall–Kier alpha value is -1.32. The minimum atomic E-state index is 0.253. The molecule has 0 aliphatic heterocycles. The molecule has 1 atom stereocenters. The van der Waals surface area contributed by atoms with Gasteiger partial charge in [0.1, 0.15) is 0 Å². The molecule has 2 N–H and O–H groups in total. The summed E-state index contributed by atoms with van der Waals surface area (Å²) in [5.41, 5.74) is 2.51. The lowest BCUT2D eigenvalue weighted by Gasteiger charge is -2.22. The lowest BCUT2D eigenvalue weighted by molar-refractivity contribution is -0.123. The Balaban J connectivity index is 1.63. The van der Waals surface area contributed by atoms with Crippen molar-refractivity contribution in [3.05, 3.63) is 17.5 Å². The first-order chi connectivity index (χ1) is 7.33. The van der Waals surface area contributed by atoms with Crippen molar-refractivity contribution in [2.24, 2.45) is 5.92 Å². The predicted octanol–water partition coefficient (Wildman–Crippen LogP) is 0.793. The summed E-state index contributed by atoms with van der Waals surface area (Å²) in [5, 5.41) is 10.2. The molecule has 1 aromatic rings. The number of H-pyrrole nitrogens is 1. The van der Waals surface area contributed by atoms with Crippen LogP contribution in [0.5, 0.6) is 0 Å². The minimum Gasteiger partial charge on any atom is -0.353 e. The number of aryl methyl sites for hydroxylation is 1. The number of carbonyl (C=O) groups is 1. The SMILES string of the molecule is O=C(NC1CCc2cn[nH]c2C1)C1CC1. The zero-order chi connectivity index (χ0) is 10.3. The van der Waals surface area contributed by atoms with Gasteiger partial charge in [-0.2, -0.15) is 5.10 Å². The number of nitrogens with zero attached hydrogens (tertiary/aromatic N) is 1. The van der Waals surface area contributed by atoms with Crippen LogP contribution in [0.4, 0.5) is 0 Å². The molecule has 0 bridgehead atoms. The van der Waals surface area contributed by atoms with Crippen molar-refractivity contribution in [2.45, 2.75) is 38.1 Å². The van der Waals surface area contributed by atoms with Gasteiger partial charge >= 0.3 is 0 Å². The average Bonchev–Trinajstić information content (AvgIpc) is 2.98. The quantitative estimate of drug-likeness (QED) is 0.750. The monoisotopic (exact) mass is 205 g/mol. The molecule has 4 nitrogen and oxygen atoms in total. The lowest BCUT2D eigenvalue weighted by atomic mass is 9.93. The predicted molar refractivity (Wildman–Crippen MR) is 55.3 cm³/mol. The van der Waals surface area contributed by atoms with Crippen LogP contribution in [0.1, 0.15) is 30.5 Å². The van der Waals surface area contributed by atoms with Crippen LogP contribution in [-0.4, -0.2) is 22.1 Å². The molecule has 1 amide bonds. The molecule has 0 spiro atoms. The average molecular weight is 205 g/mol. The molecule has 4 heteroatoms. The highest BCUT2D eigenvalue weighted by Crippen LogP contribution is 2.29. The second kappa shape index (κ2) is 3.36. The fourth-order valence-electron chi connectivity index (χ4n) is 2.20. The Morgan fingerprint density at radius 1 is 1.47 bits per heavy atom. The fraction of sp³-hybridized carbons (Fsp3) is 0.636. The maximum absolute atomic E-state index is 11.6. The van der Waals surface area contributed by atoms with Crippen LogP contribution in [0.15, 0.2) is 6.20 Å². The van der Waals surface area contributed by atoms with E-state index in [4.69, 9.17) is 0 Å². The van der Waals surface area contributed by atoms with Crippen molar-refractivity contribution in [1.29, 1.82) is 0 Å². The second-order valence-corrected chi connectivity index (χ2v) is 4.60. The minimum absolute atomic E-state index is 0.253. The van der Waals surface area contributed by atoms with E-state index in [0.717, 1.165) is 32.1 Å². The standard InChI is InChI=1S/C11H15N3O/c15-11(7-1-2-7)13-9-4-3-8-6-12-14-10(8)5-9/h6-7,9H,1-5H2,(H,12,14)(H,13,15). The summed E-state index contributed by atoms with van der Waals surface area (Å²) in [7, 11) is 0. The Kier molecular flexibility index (Phi) is 2.01. The molecular formula is C11H15N3O. The van der Waals surface area contributed by atoms with Gasteiger partial charge in [0.25, 0.3) is 0 Å². The van der Waals surface area contributed by atoms with E-state index < -0.39 is 0 Å². The van der Waals surface area contributed by atoms with Gasteiger partial charge < -0.3 is 5.32 Å². The molecule has 0 radical (unpaired) electrons. The van der Waals surface area contributed by atoms with Gasteiger partial charge in [-0.05, 0) is 31.2 Å². The Bertz CT molecular complexity index is 381. The van der Waals surface area contributed by atoms with E-state index >= 15 is 0 Å². The third-order valence-electron chi connectivity index (χ3n) is 3.31. The van der Waals surface area contributed by atoms with E-state index in [9.17, 15) is 4.79 Å². The van der Waals surface area contributed by atoms with E-state index in [-0.39, 0.29) is 5.91 Å². The first kappa shape index (κ1) is 8.95. The molecule has 1 unspecified atom stereocenters. The molecule has 1 fully saturated rings. The van der Waals surface area contributed by atoms with Crippen LogP contribution < -0.4 is 5.32 Å². The lowest BCUT2D eigenvalue weighted by Crippen LogP contribution is -2.39. The summed E-state index contributed by atoms with van der Waals surface area (Å²) < 4.78 is 0.